The Bertz CT molecular complexity index is 594. The second-order valence-corrected chi connectivity index (χ2v) is 4.76. The predicted molar refractivity (Wildman–Crippen MR) is 84.3 cm³/mol. The molecule has 0 aromatic heterocycles. The van der Waals surface area contributed by atoms with Crippen molar-refractivity contribution in [3.63, 3.8) is 0 Å². The number of anilines is 1. The zero-order valence-electron chi connectivity index (χ0n) is 12.1. The Kier molecular flexibility index (Phi) is 5.21. The SMILES string of the molecule is CCc1ccccc1CNc1ccc(OCC(N)=O)cc1. The van der Waals surface area contributed by atoms with Crippen LogP contribution in [0.3, 0.4) is 0 Å². The minimum Gasteiger partial charge on any atom is -0.484 e. The van der Waals surface area contributed by atoms with E-state index in [-0.39, 0.29) is 6.61 Å². The van der Waals surface area contributed by atoms with Crippen LogP contribution in [0.15, 0.2) is 48.5 Å². The standard InChI is InChI=1S/C17H20N2O2/c1-2-13-5-3-4-6-14(13)11-19-15-7-9-16(10-8-15)21-12-17(18)20/h3-10,19H,2,11-12H2,1H3,(H2,18,20). The minimum atomic E-state index is -0.478. The number of amides is 1. The van der Waals surface area contributed by atoms with Crippen LogP contribution in [0, 0.1) is 0 Å². The van der Waals surface area contributed by atoms with Crippen molar-refractivity contribution in [2.75, 3.05) is 11.9 Å². The Hall–Kier alpha value is -2.49. The second kappa shape index (κ2) is 7.33. The first-order chi connectivity index (χ1) is 10.2. The Morgan fingerprint density at radius 1 is 1.10 bits per heavy atom. The van der Waals surface area contributed by atoms with E-state index in [2.05, 4.69) is 36.5 Å². The topological polar surface area (TPSA) is 64.3 Å². The molecule has 0 heterocycles. The molecule has 110 valence electrons. The monoisotopic (exact) mass is 284 g/mol. The zero-order chi connectivity index (χ0) is 15.1. The van der Waals surface area contributed by atoms with Crippen LogP contribution < -0.4 is 15.8 Å². The summed E-state index contributed by atoms with van der Waals surface area (Å²) in [6.45, 7) is 2.84. The summed E-state index contributed by atoms with van der Waals surface area (Å²) in [6.07, 6.45) is 1.03. The average molecular weight is 284 g/mol. The van der Waals surface area contributed by atoms with Crippen molar-refractivity contribution in [3.05, 3.63) is 59.7 Å². The Morgan fingerprint density at radius 3 is 2.38 bits per heavy atom. The molecule has 0 fully saturated rings. The molecule has 4 heteroatoms. The molecule has 0 radical (unpaired) electrons. The molecule has 0 unspecified atom stereocenters. The summed E-state index contributed by atoms with van der Waals surface area (Å²) in [5.74, 6) is 0.154. The number of carbonyl (C=O) groups is 1. The summed E-state index contributed by atoms with van der Waals surface area (Å²) in [5.41, 5.74) is 8.69. The van der Waals surface area contributed by atoms with E-state index in [0.29, 0.717) is 5.75 Å². The second-order valence-electron chi connectivity index (χ2n) is 4.76. The number of carbonyl (C=O) groups excluding carboxylic acids is 1. The van der Waals surface area contributed by atoms with Crippen LogP contribution >= 0.6 is 0 Å². The molecule has 0 bridgehead atoms. The van der Waals surface area contributed by atoms with Gasteiger partial charge in [-0.15, -0.1) is 0 Å². The third-order valence-corrected chi connectivity index (χ3v) is 3.22. The molecule has 4 nitrogen and oxygen atoms in total. The molecule has 21 heavy (non-hydrogen) atoms. The van der Waals surface area contributed by atoms with Crippen molar-refractivity contribution >= 4 is 11.6 Å². The van der Waals surface area contributed by atoms with E-state index in [9.17, 15) is 4.79 Å². The van der Waals surface area contributed by atoms with E-state index >= 15 is 0 Å². The Labute approximate surface area is 124 Å². The van der Waals surface area contributed by atoms with Gasteiger partial charge in [-0.3, -0.25) is 4.79 Å². The molecule has 0 aliphatic carbocycles. The maximum Gasteiger partial charge on any atom is 0.255 e. The molecule has 0 spiro atoms. The van der Waals surface area contributed by atoms with Crippen LogP contribution in [0.1, 0.15) is 18.1 Å². The molecule has 0 saturated carbocycles. The number of ether oxygens (including phenoxy) is 1. The molecule has 2 aromatic rings. The summed E-state index contributed by atoms with van der Waals surface area (Å²) in [5, 5.41) is 3.38. The quantitative estimate of drug-likeness (QED) is 0.821. The van der Waals surface area contributed by atoms with Crippen molar-refractivity contribution in [1.82, 2.24) is 0 Å². The van der Waals surface area contributed by atoms with Gasteiger partial charge in [0.15, 0.2) is 6.61 Å². The number of aryl methyl sites for hydroxylation is 1. The predicted octanol–water partition coefficient (Wildman–Crippen LogP) is 2.73. The van der Waals surface area contributed by atoms with Crippen LogP contribution in [0.25, 0.3) is 0 Å². The summed E-state index contributed by atoms with van der Waals surface area (Å²) in [6, 6.07) is 15.9. The van der Waals surface area contributed by atoms with Gasteiger partial charge in [-0.1, -0.05) is 31.2 Å². The highest BCUT2D eigenvalue weighted by atomic mass is 16.5. The fourth-order valence-corrected chi connectivity index (χ4v) is 2.10. The lowest BCUT2D eigenvalue weighted by molar-refractivity contribution is -0.119. The van der Waals surface area contributed by atoms with Gasteiger partial charge in [-0.25, -0.2) is 0 Å². The molecule has 0 atom stereocenters. The third-order valence-electron chi connectivity index (χ3n) is 3.22. The lowest BCUT2D eigenvalue weighted by Gasteiger charge is -2.11. The fourth-order valence-electron chi connectivity index (χ4n) is 2.10. The number of nitrogens with one attached hydrogen (secondary N) is 1. The van der Waals surface area contributed by atoms with E-state index in [4.69, 9.17) is 10.5 Å². The first-order valence-corrected chi connectivity index (χ1v) is 7.01. The summed E-state index contributed by atoms with van der Waals surface area (Å²) in [4.78, 5) is 10.6. The maximum atomic E-state index is 10.6. The Balaban J connectivity index is 1.93. The third kappa shape index (κ3) is 4.53. The van der Waals surface area contributed by atoms with Crippen LogP contribution in [0.2, 0.25) is 0 Å². The van der Waals surface area contributed by atoms with Gasteiger partial charge in [0, 0.05) is 12.2 Å². The van der Waals surface area contributed by atoms with Gasteiger partial charge in [0.2, 0.25) is 0 Å². The van der Waals surface area contributed by atoms with E-state index in [1.54, 1.807) is 0 Å². The molecule has 0 saturated heterocycles. The molecule has 0 aliphatic rings. The molecule has 2 aromatic carbocycles. The zero-order valence-corrected chi connectivity index (χ0v) is 12.1. The molecule has 3 N–H and O–H groups in total. The molecule has 1 amide bonds. The van der Waals surface area contributed by atoms with Gasteiger partial charge in [0.1, 0.15) is 5.75 Å². The van der Waals surface area contributed by atoms with Crippen LogP contribution in [0.4, 0.5) is 5.69 Å². The van der Waals surface area contributed by atoms with Gasteiger partial charge in [0.05, 0.1) is 0 Å². The highest BCUT2D eigenvalue weighted by Gasteiger charge is 2.01. The number of hydrogen-bond acceptors (Lipinski definition) is 3. The smallest absolute Gasteiger partial charge is 0.255 e. The van der Waals surface area contributed by atoms with Gasteiger partial charge in [-0.2, -0.15) is 0 Å². The maximum absolute atomic E-state index is 10.6. The molecule has 0 aliphatic heterocycles. The molecule has 2 rings (SSSR count). The van der Waals surface area contributed by atoms with Crippen molar-refractivity contribution < 1.29 is 9.53 Å². The largest absolute Gasteiger partial charge is 0.484 e. The van der Waals surface area contributed by atoms with Crippen molar-refractivity contribution in [1.29, 1.82) is 0 Å². The minimum absolute atomic E-state index is 0.101. The van der Waals surface area contributed by atoms with Crippen LogP contribution in [0.5, 0.6) is 5.75 Å². The van der Waals surface area contributed by atoms with Gasteiger partial charge >= 0.3 is 0 Å². The van der Waals surface area contributed by atoms with E-state index in [1.165, 1.54) is 11.1 Å². The van der Waals surface area contributed by atoms with Gasteiger partial charge < -0.3 is 15.8 Å². The van der Waals surface area contributed by atoms with E-state index in [1.807, 2.05) is 24.3 Å². The van der Waals surface area contributed by atoms with Crippen LogP contribution in [-0.2, 0) is 17.8 Å². The Morgan fingerprint density at radius 2 is 1.76 bits per heavy atom. The lowest BCUT2D eigenvalue weighted by atomic mass is 10.1. The van der Waals surface area contributed by atoms with Crippen LogP contribution in [-0.4, -0.2) is 12.5 Å². The van der Waals surface area contributed by atoms with Crippen molar-refractivity contribution in [2.24, 2.45) is 5.73 Å². The number of primary amides is 1. The number of nitrogens with two attached hydrogens (primary N) is 1. The average Bonchev–Trinajstić information content (AvgIpc) is 2.52. The number of hydrogen-bond donors (Lipinski definition) is 2. The highest BCUT2D eigenvalue weighted by Crippen LogP contribution is 2.17. The first-order valence-electron chi connectivity index (χ1n) is 7.01. The molecular weight excluding hydrogens is 264 g/mol. The van der Waals surface area contributed by atoms with Gasteiger partial charge in [-0.05, 0) is 41.8 Å². The fraction of sp³-hybridized carbons (Fsp3) is 0.235. The van der Waals surface area contributed by atoms with Crippen molar-refractivity contribution in [3.8, 4) is 5.75 Å². The highest BCUT2D eigenvalue weighted by molar-refractivity contribution is 5.75. The lowest BCUT2D eigenvalue weighted by Crippen LogP contribution is -2.19. The summed E-state index contributed by atoms with van der Waals surface area (Å²) >= 11 is 0. The molecular formula is C17H20N2O2. The normalized spacial score (nSPS) is 10.1. The summed E-state index contributed by atoms with van der Waals surface area (Å²) in [7, 11) is 0. The van der Waals surface area contributed by atoms with E-state index in [0.717, 1.165) is 18.7 Å². The number of rotatable bonds is 7. The summed E-state index contributed by atoms with van der Waals surface area (Å²) < 4.78 is 5.22. The van der Waals surface area contributed by atoms with E-state index < -0.39 is 5.91 Å². The van der Waals surface area contributed by atoms with Crippen molar-refractivity contribution in [2.45, 2.75) is 19.9 Å². The number of benzene rings is 2. The van der Waals surface area contributed by atoms with Gasteiger partial charge in [0.25, 0.3) is 5.91 Å². The first kappa shape index (κ1) is 14.9.